The molecule has 0 radical (unpaired) electrons. The minimum absolute atomic E-state index is 0.0221. The SMILES string of the molecule is COc1ccc(CNCCO)nc1Nc1cccc(-c2nccc(-c3ccc(CN(C[C@@H]4CCC(=O)N4)C(=O)OC(C)(C)C)c(OC)n3)c2Cl)c1Cl. The Balaban J connectivity index is 1.42. The summed E-state index contributed by atoms with van der Waals surface area (Å²) in [5.41, 5.74) is 3.37. The van der Waals surface area contributed by atoms with Crippen molar-refractivity contribution >= 4 is 46.7 Å². The van der Waals surface area contributed by atoms with Crippen LogP contribution in [0.2, 0.25) is 10.0 Å². The Morgan fingerprint density at radius 1 is 1.04 bits per heavy atom. The molecule has 4 aromatic rings. The third-order valence-corrected chi connectivity index (χ3v) is 8.86. The summed E-state index contributed by atoms with van der Waals surface area (Å²) in [6.07, 6.45) is 2.16. The number of ether oxygens (including phenoxy) is 3. The van der Waals surface area contributed by atoms with Gasteiger partial charge in [0.1, 0.15) is 5.60 Å². The van der Waals surface area contributed by atoms with E-state index in [4.69, 9.17) is 47.5 Å². The molecular formula is C37H43Cl2N7O6. The molecule has 15 heteroatoms. The zero-order valence-electron chi connectivity index (χ0n) is 29.8. The minimum Gasteiger partial charge on any atom is -0.493 e. The maximum absolute atomic E-state index is 13.3. The lowest BCUT2D eigenvalue weighted by Crippen LogP contribution is -2.43. The number of aliphatic hydroxyl groups excluding tert-OH is 1. The van der Waals surface area contributed by atoms with Gasteiger partial charge < -0.3 is 40.2 Å². The highest BCUT2D eigenvalue weighted by molar-refractivity contribution is 6.39. The van der Waals surface area contributed by atoms with Gasteiger partial charge in [-0.25, -0.2) is 14.8 Å². The van der Waals surface area contributed by atoms with Crippen molar-refractivity contribution in [2.45, 2.75) is 58.3 Å². The summed E-state index contributed by atoms with van der Waals surface area (Å²) in [7, 11) is 3.07. The number of carbonyl (C=O) groups excluding carboxylic acids is 2. The van der Waals surface area contributed by atoms with Gasteiger partial charge in [0.25, 0.3) is 0 Å². The van der Waals surface area contributed by atoms with Crippen molar-refractivity contribution in [1.82, 2.24) is 30.5 Å². The molecule has 0 bridgehead atoms. The number of hydrogen-bond donors (Lipinski definition) is 4. The summed E-state index contributed by atoms with van der Waals surface area (Å²) >= 11 is 14.0. The Labute approximate surface area is 313 Å². The Hall–Kier alpha value is -4.69. The summed E-state index contributed by atoms with van der Waals surface area (Å²) in [6.45, 7) is 6.75. The van der Waals surface area contributed by atoms with Gasteiger partial charge >= 0.3 is 6.09 Å². The third-order valence-electron chi connectivity index (χ3n) is 8.07. The standard InChI is InChI=1S/C37H43Cl2N7O6/c1-37(2,3)52-36(49)46(21-24-11-14-30(48)42-24)20-22-9-12-27(45-35(22)51-5)25-15-16-41-33(32(25)39)26-7-6-8-28(31(26)38)44-34-29(50-4)13-10-23(43-34)19-40-17-18-47/h6-10,12-13,15-16,24,40,47H,11,14,17-21H2,1-5H3,(H,42,48)(H,43,44)/t24-/m0/s1. The van der Waals surface area contributed by atoms with Crippen molar-refractivity contribution < 1.29 is 28.9 Å². The first-order valence-corrected chi connectivity index (χ1v) is 17.5. The molecular weight excluding hydrogens is 709 g/mol. The van der Waals surface area contributed by atoms with Gasteiger partial charge in [-0.3, -0.25) is 9.78 Å². The lowest BCUT2D eigenvalue weighted by molar-refractivity contribution is -0.119. The Bertz CT molecular complexity index is 1910. The van der Waals surface area contributed by atoms with E-state index < -0.39 is 11.7 Å². The topological polar surface area (TPSA) is 160 Å². The number of methoxy groups -OCH3 is 2. The second kappa shape index (κ2) is 17.2. The summed E-state index contributed by atoms with van der Waals surface area (Å²) in [6, 6.07) is 14.3. The molecule has 4 N–H and O–H groups in total. The van der Waals surface area contributed by atoms with Gasteiger partial charge in [-0.05, 0) is 63.6 Å². The lowest BCUT2D eigenvalue weighted by Gasteiger charge is -2.29. The van der Waals surface area contributed by atoms with Crippen molar-refractivity contribution in [3.63, 3.8) is 0 Å². The smallest absolute Gasteiger partial charge is 0.410 e. The molecule has 1 aromatic carbocycles. The number of halogens is 2. The predicted molar refractivity (Wildman–Crippen MR) is 200 cm³/mol. The molecule has 1 atom stereocenters. The van der Waals surface area contributed by atoms with Gasteiger partial charge in [0.05, 0.1) is 60.2 Å². The molecule has 276 valence electrons. The van der Waals surface area contributed by atoms with Gasteiger partial charge in [-0.1, -0.05) is 35.3 Å². The number of hydrogen-bond acceptors (Lipinski definition) is 11. The highest BCUT2D eigenvalue weighted by atomic mass is 35.5. The fourth-order valence-corrected chi connectivity index (χ4v) is 6.21. The van der Waals surface area contributed by atoms with Crippen LogP contribution in [0, 0.1) is 0 Å². The monoisotopic (exact) mass is 751 g/mol. The van der Waals surface area contributed by atoms with Crippen LogP contribution in [-0.2, 0) is 22.6 Å². The van der Waals surface area contributed by atoms with E-state index in [2.05, 4.69) is 25.9 Å². The average molecular weight is 753 g/mol. The van der Waals surface area contributed by atoms with Gasteiger partial charge in [0, 0.05) is 55.0 Å². The fourth-order valence-electron chi connectivity index (χ4n) is 5.64. The number of amides is 2. The van der Waals surface area contributed by atoms with E-state index in [0.29, 0.717) is 87.2 Å². The van der Waals surface area contributed by atoms with E-state index in [9.17, 15) is 9.59 Å². The van der Waals surface area contributed by atoms with Crippen LogP contribution in [-0.4, -0.2) is 82.5 Å². The zero-order valence-corrected chi connectivity index (χ0v) is 31.3. The van der Waals surface area contributed by atoms with E-state index >= 15 is 0 Å². The number of benzene rings is 1. The second-order valence-electron chi connectivity index (χ2n) is 13.1. The van der Waals surface area contributed by atoms with E-state index in [1.54, 1.807) is 51.1 Å². The molecule has 0 saturated carbocycles. The highest BCUT2D eigenvalue weighted by Gasteiger charge is 2.29. The number of nitrogens with one attached hydrogen (secondary N) is 3. The molecule has 0 unspecified atom stereocenters. The summed E-state index contributed by atoms with van der Waals surface area (Å²) < 4.78 is 16.9. The number of nitrogens with zero attached hydrogens (tertiary/aromatic N) is 4. The summed E-state index contributed by atoms with van der Waals surface area (Å²) in [5.74, 6) is 1.25. The second-order valence-corrected chi connectivity index (χ2v) is 13.9. The van der Waals surface area contributed by atoms with E-state index in [1.807, 2.05) is 36.4 Å². The molecule has 0 aliphatic carbocycles. The molecule has 4 heterocycles. The van der Waals surface area contributed by atoms with E-state index in [-0.39, 0.29) is 31.6 Å². The first-order chi connectivity index (χ1) is 24.9. The van der Waals surface area contributed by atoms with Crippen molar-refractivity contribution in [2.75, 3.05) is 39.2 Å². The Kier molecular flexibility index (Phi) is 12.8. The van der Waals surface area contributed by atoms with Crippen molar-refractivity contribution in [3.8, 4) is 34.1 Å². The van der Waals surface area contributed by atoms with Gasteiger partial charge in [0.15, 0.2) is 11.6 Å². The van der Waals surface area contributed by atoms with Gasteiger partial charge in [0.2, 0.25) is 11.8 Å². The molecule has 1 aliphatic heterocycles. The maximum Gasteiger partial charge on any atom is 0.410 e. The van der Waals surface area contributed by atoms with Crippen LogP contribution >= 0.6 is 23.2 Å². The van der Waals surface area contributed by atoms with Crippen molar-refractivity contribution in [3.05, 3.63) is 76.0 Å². The molecule has 1 fully saturated rings. The van der Waals surface area contributed by atoms with Crippen molar-refractivity contribution in [2.24, 2.45) is 0 Å². The quantitative estimate of drug-likeness (QED) is 0.106. The number of aliphatic hydroxyl groups is 1. The molecule has 3 aromatic heterocycles. The number of carbonyl (C=O) groups is 2. The van der Waals surface area contributed by atoms with Crippen LogP contribution in [0.1, 0.15) is 44.9 Å². The lowest BCUT2D eigenvalue weighted by atomic mass is 10.1. The molecule has 0 spiro atoms. The van der Waals surface area contributed by atoms with Gasteiger partial charge in [-0.15, -0.1) is 0 Å². The van der Waals surface area contributed by atoms with E-state index in [0.717, 1.165) is 5.69 Å². The normalized spacial score (nSPS) is 14.2. The summed E-state index contributed by atoms with van der Waals surface area (Å²) in [5, 5.41) is 19.1. The maximum atomic E-state index is 13.3. The van der Waals surface area contributed by atoms with Crippen LogP contribution < -0.4 is 25.4 Å². The zero-order chi connectivity index (χ0) is 37.4. The van der Waals surface area contributed by atoms with Gasteiger partial charge in [-0.2, -0.15) is 0 Å². The molecule has 13 nitrogen and oxygen atoms in total. The van der Waals surface area contributed by atoms with Crippen LogP contribution in [0.5, 0.6) is 11.6 Å². The average Bonchev–Trinajstić information content (AvgIpc) is 3.53. The van der Waals surface area contributed by atoms with E-state index in [1.165, 1.54) is 7.11 Å². The Morgan fingerprint density at radius 3 is 2.54 bits per heavy atom. The minimum atomic E-state index is -0.706. The molecule has 1 saturated heterocycles. The van der Waals surface area contributed by atoms with Crippen LogP contribution in [0.15, 0.2) is 54.7 Å². The largest absolute Gasteiger partial charge is 0.493 e. The van der Waals surface area contributed by atoms with Crippen molar-refractivity contribution in [1.29, 1.82) is 0 Å². The molecule has 5 rings (SSSR count). The number of aromatic nitrogens is 3. The molecule has 1 aliphatic rings. The van der Waals surface area contributed by atoms with Crippen LogP contribution in [0.25, 0.3) is 22.5 Å². The predicted octanol–water partition coefficient (Wildman–Crippen LogP) is 6.37. The third kappa shape index (κ3) is 9.59. The number of pyridine rings is 3. The molecule has 2 amide bonds. The fraction of sp³-hybridized carbons (Fsp3) is 0.378. The number of anilines is 2. The Morgan fingerprint density at radius 2 is 1.85 bits per heavy atom. The number of rotatable bonds is 14. The first-order valence-electron chi connectivity index (χ1n) is 16.8. The highest BCUT2D eigenvalue weighted by Crippen LogP contribution is 2.41. The van der Waals surface area contributed by atoms with Crippen LogP contribution in [0.3, 0.4) is 0 Å². The summed E-state index contributed by atoms with van der Waals surface area (Å²) in [4.78, 5) is 40.7. The van der Waals surface area contributed by atoms with Crippen LogP contribution in [0.4, 0.5) is 16.3 Å². The first kappa shape index (κ1) is 38.5. The molecule has 52 heavy (non-hydrogen) atoms.